The second-order valence-electron chi connectivity index (χ2n) is 8.26. The van der Waals surface area contributed by atoms with E-state index < -0.39 is 0 Å². The van der Waals surface area contributed by atoms with Gasteiger partial charge in [0.05, 0.1) is 6.04 Å². The number of rotatable bonds is 6. The number of carbonyl (C=O) groups is 1. The minimum absolute atomic E-state index is 0.0756. The van der Waals surface area contributed by atoms with Crippen molar-refractivity contribution in [2.45, 2.75) is 83.7 Å². The molecule has 4 bridgehead atoms. The predicted molar refractivity (Wildman–Crippen MR) is 85.7 cm³/mol. The third-order valence-electron chi connectivity index (χ3n) is 6.57. The van der Waals surface area contributed by atoms with Crippen LogP contribution in [0.1, 0.15) is 71.6 Å². The Hall–Kier alpha value is -0.570. The molecule has 4 rings (SSSR count). The van der Waals surface area contributed by atoms with Gasteiger partial charge in [0.15, 0.2) is 0 Å². The normalized spacial score (nSPS) is 40.0. The molecule has 0 aromatic carbocycles. The summed E-state index contributed by atoms with van der Waals surface area (Å²) in [4.78, 5) is 12.3. The molecular formula is C18H32N2O. The molecule has 3 nitrogen and oxygen atoms in total. The van der Waals surface area contributed by atoms with E-state index in [9.17, 15) is 4.79 Å². The average molecular weight is 292 g/mol. The van der Waals surface area contributed by atoms with Gasteiger partial charge < -0.3 is 11.1 Å². The van der Waals surface area contributed by atoms with E-state index in [1.54, 1.807) is 0 Å². The first kappa shape index (κ1) is 15.3. The molecule has 4 saturated carbocycles. The summed E-state index contributed by atoms with van der Waals surface area (Å²) in [6, 6.07) is -0.0209. The Morgan fingerprint density at radius 2 is 1.71 bits per heavy atom. The molecular weight excluding hydrogens is 260 g/mol. The molecule has 4 aliphatic carbocycles. The molecule has 0 heterocycles. The first-order valence-corrected chi connectivity index (χ1v) is 9.08. The zero-order chi connectivity index (χ0) is 15.0. The Morgan fingerprint density at radius 1 is 1.19 bits per heavy atom. The highest BCUT2D eigenvalue weighted by atomic mass is 16.2. The number of hydrogen-bond donors (Lipinski definition) is 2. The van der Waals surface area contributed by atoms with Crippen molar-refractivity contribution in [3.05, 3.63) is 0 Å². The Kier molecular flexibility index (Phi) is 4.31. The zero-order valence-electron chi connectivity index (χ0n) is 13.7. The van der Waals surface area contributed by atoms with E-state index in [-0.39, 0.29) is 11.9 Å². The molecule has 4 aliphatic rings. The highest BCUT2D eigenvalue weighted by Crippen LogP contribution is 2.61. The van der Waals surface area contributed by atoms with Crippen molar-refractivity contribution in [2.24, 2.45) is 28.9 Å². The molecule has 0 saturated heterocycles. The van der Waals surface area contributed by atoms with Crippen LogP contribution in [0.3, 0.4) is 0 Å². The average Bonchev–Trinajstić information content (AvgIpc) is 2.43. The van der Waals surface area contributed by atoms with Gasteiger partial charge in [-0.25, -0.2) is 0 Å². The minimum Gasteiger partial charge on any atom is -0.352 e. The van der Waals surface area contributed by atoms with Gasteiger partial charge in [-0.05, 0) is 75.0 Å². The van der Waals surface area contributed by atoms with Crippen LogP contribution < -0.4 is 11.1 Å². The standard InChI is InChI=1S/C18H32N2O/c1-3-4-5-16(19)17(21)20-12(2)18-9-13-6-14(10-18)8-15(7-13)11-18/h12-16H,3-11,19H2,1-2H3,(H,20,21). The van der Waals surface area contributed by atoms with E-state index in [0.717, 1.165) is 37.0 Å². The monoisotopic (exact) mass is 292 g/mol. The lowest BCUT2D eigenvalue weighted by Crippen LogP contribution is -2.57. The van der Waals surface area contributed by atoms with Crippen molar-refractivity contribution in [3.63, 3.8) is 0 Å². The predicted octanol–water partition coefficient (Wildman–Crippen LogP) is 3.23. The fourth-order valence-electron chi connectivity index (χ4n) is 5.74. The lowest BCUT2D eigenvalue weighted by atomic mass is 9.48. The maximum absolute atomic E-state index is 12.3. The molecule has 2 unspecified atom stereocenters. The van der Waals surface area contributed by atoms with E-state index in [0.29, 0.717) is 11.5 Å². The molecule has 3 N–H and O–H groups in total. The van der Waals surface area contributed by atoms with E-state index in [1.807, 2.05) is 0 Å². The van der Waals surface area contributed by atoms with Gasteiger partial charge in [0.1, 0.15) is 0 Å². The third-order valence-corrected chi connectivity index (χ3v) is 6.57. The van der Waals surface area contributed by atoms with Crippen LogP contribution in [-0.2, 0) is 4.79 Å². The van der Waals surface area contributed by atoms with Crippen molar-refractivity contribution in [3.8, 4) is 0 Å². The summed E-state index contributed by atoms with van der Waals surface area (Å²) in [7, 11) is 0. The molecule has 21 heavy (non-hydrogen) atoms. The molecule has 0 radical (unpaired) electrons. The number of nitrogens with one attached hydrogen (secondary N) is 1. The molecule has 4 fully saturated rings. The molecule has 3 heteroatoms. The highest BCUT2D eigenvalue weighted by molar-refractivity contribution is 5.81. The van der Waals surface area contributed by atoms with Gasteiger partial charge in [-0.2, -0.15) is 0 Å². The summed E-state index contributed by atoms with van der Waals surface area (Å²) >= 11 is 0. The molecule has 1 amide bonds. The number of carbonyl (C=O) groups excluding carboxylic acids is 1. The lowest BCUT2D eigenvalue weighted by molar-refractivity contribution is -0.127. The van der Waals surface area contributed by atoms with Crippen LogP contribution in [0.4, 0.5) is 0 Å². The largest absolute Gasteiger partial charge is 0.352 e. The van der Waals surface area contributed by atoms with E-state index in [1.165, 1.54) is 38.5 Å². The number of nitrogens with two attached hydrogens (primary N) is 1. The fourth-order valence-corrected chi connectivity index (χ4v) is 5.74. The summed E-state index contributed by atoms with van der Waals surface area (Å²) in [6.07, 6.45) is 11.3. The van der Waals surface area contributed by atoms with Crippen molar-refractivity contribution in [1.82, 2.24) is 5.32 Å². The summed E-state index contributed by atoms with van der Waals surface area (Å²) < 4.78 is 0. The summed E-state index contributed by atoms with van der Waals surface area (Å²) in [6.45, 7) is 4.38. The van der Waals surface area contributed by atoms with Crippen LogP contribution in [0.2, 0.25) is 0 Å². The molecule has 0 aliphatic heterocycles. The van der Waals surface area contributed by atoms with Crippen LogP contribution in [0.25, 0.3) is 0 Å². The number of hydrogen-bond acceptors (Lipinski definition) is 2. The molecule has 0 aromatic heterocycles. The lowest BCUT2D eigenvalue weighted by Gasteiger charge is -2.59. The smallest absolute Gasteiger partial charge is 0.237 e. The van der Waals surface area contributed by atoms with Crippen molar-refractivity contribution in [1.29, 1.82) is 0 Å². The molecule has 2 atom stereocenters. The van der Waals surface area contributed by atoms with Gasteiger partial charge in [-0.15, -0.1) is 0 Å². The molecule has 120 valence electrons. The summed E-state index contributed by atoms with van der Waals surface area (Å²) in [5.41, 5.74) is 6.41. The second kappa shape index (κ2) is 5.91. The van der Waals surface area contributed by atoms with Gasteiger partial charge in [0.2, 0.25) is 5.91 Å². The van der Waals surface area contributed by atoms with Crippen LogP contribution >= 0.6 is 0 Å². The number of amides is 1. The molecule has 0 spiro atoms. The van der Waals surface area contributed by atoms with E-state index in [4.69, 9.17) is 5.73 Å². The Bertz CT molecular complexity index is 357. The Labute approximate surface area is 129 Å². The van der Waals surface area contributed by atoms with Crippen molar-refractivity contribution < 1.29 is 4.79 Å². The summed E-state index contributed by atoms with van der Waals surface area (Å²) in [5.74, 6) is 2.88. The van der Waals surface area contributed by atoms with Gasteiger partial charge in [-0.3, -0.25) is 4.79 Å². The van der Waals surface area contributed by atoms with Crippen LogP contribution in [0.5, 0.6) is 0 Å². The third kappa shape index (κ3) is 2.99. The van der Waals surface area contributed by atoms with E-state index >= 15 is 0 Å². The van der Waals surface area contributed by atoms with Crippen LogP contribution in [-0.4, -0.2) is 18.0 Å². The van der Waals surface area contributed by atoms with Crippen LogP contribution in [0, 0.1) is 23.2 Å². The minimum atomic E-state index is -0.318. The Morgan fingerprint density at radius 3 is 2.19 bits per heavy atom. The van der Waals surface area contributed by atoms with Gasteiger partial charge in [0, 0.05) is 6.04 Å². The summed E-state index contributed by atoms with van der Waals surface area (Å²) in [5, 5.41) is 3.28. The number of unbranched alkanes of at least 4 members (excludes halogenated alkanes) is 1. The van der Waals surface area contributed by atoms with Gasteiger partial charge in [0.25, 0.3) is 0 Å². The first-order valence-electron chi connectivity index (χ1n) is 9.08. The fraction of sp³-hybridized carbons (Fsp3) is 0.944. The van der Waals surface area contributed by atoms with Crippen molar-refractivity contribution in [2.75, 3.05) is 0 Å². The van der Waals surface area contributed by atoms with Gasteiger partial charge >= 0.3 is 0 Å². The topological polar surface area (TPSA) is 55.1 Å². The van der Waals surface area contributed by atoms with Crippen molar-refractivity contribution >= 4 is 5.91 Å². The molecule has 0 aromatic rings. The van der Waals surface area contributed by atoms with Gasteiger partial charge in [-0.1, -0.05) is 19.8 Å². The second-order valence-corrected chi connectivity index (χ2v) is 8.26. The first-order chi connectivity index (χ1) is 10.0. The SMILES string of the molecule is CCCCC(N)C(=O)NC(C)C12CC3CC(CC(C3)C1)C2. The quantitative estimate of drug-likeness (QED) is 0.789. The van der Waals surface area contributed by atoms with E-state index in [2.05, 4.69) is 19.2 Å². The highest BCUT2D eigenvalue weighted by Gasteiger charge is 2.53. The Balaban J connectivity index is 1.60. The maximum atomic E-state index is 12.3. The zero-order valence-corrected chi connectivity index (χ0v) is 13.7. The van der Waals surface area contributed by atoms with Crippen LogP contribution in [0.15, 0.2) is 0 Å². The maximum Gasteiger partial charge on any atom is 0.237 e.